The van der Waals surface area contributed by atoms with Crippen molar-refractivity contribution in [2.24, 2.45) is 17.8 Å². The van der Waals surface area contributed by atoms with E-state index in [4.69, 9.17) is 0 Å². The molecule has 1 saturated heterocycles. The first kappa shape index (κ1) is 18.4. The fraction of sp³-hybridized carbons (Fsp3) is 0.500. The van der Waals surface area contributed by atoms with Crippen LogP contribution in [0.2, 0.25) is 0 Å². The monoisotopic (exact) mass is 401 g/mol. The third-order valence-corrected chi connectivity index (χ3v) is 8.28. The molecular formula is C26H31N3O. The van der Waals surface area contributed by atoms with Crippen molar-refractivity contribution in [1.29, 1.82) is 0 Å². The van der Waals surface area contributed by atoms with Crippen molar-refractivity contribution >= 4 is 11.6 Å². The standard InChI is InChI=1S/C26H31N3O/c1-28-11-13-29(14-12-28)26(30)20-9-10-22-21(16-20)23-18-7-8-19(15-18)24(23)25(27-22)17-5-3-2-4-6-17/h2-6,9-10,16,18-19,23-25,27H,7-8,11-15H2,1H3/t18-,19-,23-,24+,25+/m1/s1. The highest BCUT2D eigenvalue weighted by Gasteiger charge is 2.53. The van der Waals surface area contributed by atoms with Crippen molar-refractivity contribution in [1.82, 2.24) is 9.80 Å². The van der Waals surface area contributed by atoms with Gasteiger partial charge in [-0.05, 0) is 79.3 Å². The molecule has 2 aliphatic carbocycles. The van der Waals surface area contributed by atoms with Gasteiger partial charge in [0.1, 0.15) is 0 Å². The number of hydrogen-bond donors (Lipinski definition) is 1. The zero-order chi connectivity index (χ0) is 20.2. The summed E-state index contributed by atoms with van der Waals surface area (Å²) in [7, 11) is 2.13. The predicted octanol–water partition coefficient (Wildman–Crippen LogP) is 4.37. The predicted molar refractivity (Wildman–Crippen MR) is 120 cm³/mol. The number of amides is 1. The second-order valence-corrected chi connectivity index (χ2v) is 9.87. The van der Waals surface area contributed by atoms with Crippen LogP contribution in [0.1, 0.15) is 52.7 Å². The van der Waals surface area contributed by atoms with E-state index < -0.39 is 0 Å². The van der Waals surface area contributed by atoms with Crippen molar-refractivity contribution < 1.29 is 4.79 Å². The Kier molecular flexibility index (Phi) is 4.38. The van der Waals surface area contributed by atoms with Crippen molar-refractivity contribution in [3.05, 3.63) is 65.2 Å². The maximum atomic E-state index is 13.2. The largest absolute Gasteiger partial charge is 0.378 e. The molecule has 30 heavy (non-hydrogen) atoms. The summed E-state index contributed by atoms with van der Waals surface area (Å²) in [5.74, 6) is 3.03. The number of carbonyl (C=O) groups is 1. The second kappa shape index (κ2) is 7.12. The summed E-state index contributed by atoms with van der Waals surface area (Å²) in [6, 6.07) is 17.8. The summed E-state index contributed by atoms with van der Waals surface area (Å²) in [5, 5.41) is 3.89. The van der Waals surface area contributed by atoms with Gasteiger partial charge in [0.15, 0.2) is 0 Å². The minimum atomic E-state index is 0.204. The molecule has 156 valence electrons. The van der Waals surface area contributed by atoms with Crippen LogP contribution >= 0.6 is 0 Å². The van der Waals surface area contributed by atoms with E-state index in [1.165, 1.54) is 36.1 Å². The molecule has 2 saturated carbocycles. The SMILES string of the molecule is CN1CCN(C(=O)c2ccc3c(c2)[C@H]2[C@@H]4CC[C@H](C4)[C@@H]2[C@H](c2ccccc2)N3)CC1. The molecule has 4 nitrogen and oxygen atoms in total. The van der Waals surface area contributed by atoms with Gasteiger partial charge in [0, 0.05) is 37.4 Å². The lowest BCUT2D eigenvalue weighted by Crippen LogP contribution is -2.47. The minimum absolute atomic E-state index is 0.204. The van der Waals surface area contributed by atoms with Crippen LogP contribution in [0.15, 0.2) is 48.5 Å². The Morgan fingerprint density at radius 1 is 0.967 bits per heavy atom. The van der Waals surface area contributed by atoms with Crippen molar-refractivity contribution in [2.45, 2.75) is 31.2 Å². The number of rotatable bonds is 2. The lowest BCUT2D eigenvalue weighted by atomic mass is 9.68. The number of likely N-dealkylation sites (N-methyl/N-ethyl adjacent to an activating group) is 1. The highest BCUT2D eigenvalue weighted by molar-refractivity contribution is 5.95. The molecule has 0 spiro atoms. The van der Waals surface area contributed by atoms with E-state index in [9.17, 15) is 4.79 Å². The molecule has 2 heterocycles. The van der Waals surface area contributed by atoms with Gasteiger partial charge in [-0.15, -0.1) is 0 Å². The van der Waals surface area contributed by atoms with E-state index in [0.29, 0.717) is 17.9 Å². The van der Waals surface area contributed by atoms with Crippen LogP contribution in [0.25, 0.3) is 0 Å². The molecule has 5 atom stereocenters. The molecule has 0 aromatic heterocycles. The first-order valence-corrected chi connectivity index (χ1v) is 11.6. The lowest BCUT2D eigenvalue weighted by Gasteiger charge is -2.43. The molecular weight excluding hydrogens is 370 g/mol. The topological polar surface area (TPSA) is 35.6 Å². The highest BCUT2D eigenvalue weighted by Crippen LogP contribution is 2.63. The molecule has 3 fully saturated rings. The van der Waals surface area contributed by atoms with Crippen LogP contribution in [0, 0.1) is 17.8 Å². The summed E-state index contributed by atoms with van der Waals surface area (Å²) in [6.45, 7) is 3.59. The summed E-state index contributed by atoms with van der Waals surface area (Å²) in [6.07, 6.45) is 4.08. The Labute approximate surface area is 179 Å². The fourth-order valence-corrected chi connectivity index (χ4v) is 6.80. The molecule has 2 aliphatic heterocycles. The van der Waals surface area contributed by atoms with Gasteiger partial charge in [0.05, 0.1) is 6.04 Å². The number of hydrogen-bond acceptors (Lipinski definition) is 3. The molecule has 2 aromatic rings. The van der Waals surface area contributed by atoms with Gasteiger partial charge in [-0.2, -0.15) is 0 Å². The van der Waals surface area contributed by atoms with E-state index in [-0.39, 0.29) is 5.91 Å². The molecule has 0 unspecified atom stereocenters. The van der Waals surface area contributed by atoms with Crippen molar-refractivity contribution in [3.63, 3.8) is 0 Å². The van der Waals surface area contributed by atoms with Crippen LogP contribution in [0.5, 0.6) is 0 Å². The zero-order valence-electron chi connectivity index (χ0n) is 17.8. The average Bonchev–Trinajstić information content (AvgIpc) is 3.42. The minimum Gasteiger partial charge on any atom is -0.378 e. The zero-order valence-corrected chi connectivity index (χ0v) is 17.8. The van der Waals surface area contributed by atoms with Gasteiger partial charge in [-0.25, -0.2) is 0 Å². The summed E-state index contributed by atoms with van der Waals surface area (Å²) in [4.78, 5) is 17.5. The first-order valence-electron chi connectivity index (χ1n) is 11.6. The number of benzene rings is 2. The Morgan fingerprint density at radius 2 is 1.73 bits per heavy atom. The quantitative estimate of drug-likeness (QED) is 0.812. The van der Waals surface area contributed by atoms with Crippen molar-refractivity contribution in [3.8, 4) is 0 Å². The third kappa shape index (κ3) is 2.88. The normalized spacial score (nSPS) is 32.4. The first-order chi connectivity index (χ1) is 14.7. The summed E-state index contributed by atoms with van der Waals surface area (Å²) < 4.78 is 0. The summed E-state index contributed by atoms with van der Waals surface area (Å²) in [5.41, 5.74) is 4.93. The van der Waals surface area contributed by atoms with Gasteiger partial charge in [-0.1, -0.05) is 30.3 Å². The maximum Gasteiger partial charge on any atom is 0.253 e. The van der Waals surface area contributed by atoms with E-state index in [1.54, 1.807) is 0 Å². The van der Waals surface area contributed by atoms with Gasteiger partial charge < -0.3 is 15.1 Å². The number of piperazine rings is 1. The van der Waals surface area contributed by atoms with Crippen LogP contribution < -0.4 is 5.32 Å². The molecule has 2 bridgehead atoms. The molecule has 1 amide bonds. The third-order valence-electron chi connectivity index (χ3n) is 8.28. The number of anilines is 1. The number of carbonyl (C=O) groups excluding carboxylic acids is 1. The van der Waals surface area contributed by atoms with Crippen molar-refractivity contribution in [2.75, 3.05) is 38.5 Å². The Balaban J connectivity index is 1.35. The lowest BCUT2D eigenvalue weighted by molar-refractivity contribution is 0.0664. The van der Waals surface area contributed by atoms with Crippen LogP contribution in [0.3, 0.4) is 0 Å². The van der Waals surface area contributed by atoms with Gasteiger partial charge in [0.25, 0.3) is 5.91 Å². The Morgan fingerprint density at radius 3 is 2.53 bits per heavy atom. The number of fused-ring (bicyclic) bond motifs is 7. The number of nitrogens with zero attached hydrogens (tertiary/aromatic N) is 2. The highest BCUT2D eigenvalue weighted by atomic mass is 16.2. The fourth-order valence-electron chi connectivity index (χ4n) is 6.80. The second-order valence-electron chi connectivity index (χ2n) is 9.87. The van der Waals surface area contributed by atoms with Gasteiger partial charge in [0.2, 0.25) is 0 Å². The van der Waals surface area contributed by atoms with E-state index in [1.807, 2.05) is 11.0 Å². The average molecular weight is 402 g/mol. The molecule has 0 radical (unpaired) electrons. The Hall–Kier alpha value is -2.33. The summed E-state index contributed by atoms with van der Waals surface area (Å²) >= 11 is 0. The van der Waals surface area contributed by atoms with Crippen LogP contribution in [0.4, 0.5) is 5.69 Å². The number of nitrogens with one attached hydrogen (secondary N) is 1. The van der Waals surface area contributed by atoms with Crippen LogP contribution in [-0.4, -0.2) is 48.9 Å². The molecule has 4 aliphatic rings. The van der Waals surface area contributed by atoms with E-state index >= 15 is 0 Å². The van der Waals surface area contributed by atoms with E-state index in [0.717, 1.165) is 43.6 Å². The maximum absolute atomic E-state index is 13.2. The van der Waals surface area contributed by atoms with Gasteiger partial charge in [-0.3, -0.25) is 4.79 Å². The molecule has 4 heteroatoms. The smallest absolute Gasteiger partial charge is 0.253 e. The molecule has 6 rings (SSSR count). The molecule has 1 N–H and O–H groups in total. The Bertz CT molecular complexity index is 950. The van der Waals surface area contributed by atoms with Crippen LogP contribution in [-0.2, 0) is 0 Å². The molecule has 2 aromatic carbocycles. The van der Waals surface area contributed by atoms with Gasteiger partial charge >= 0.3 is 0 Å². The van der Waals surface area contributed by atoms with E-state index in [2.05, 4.69) is 59.7 Å².